The number of amides is 1. The van der Waals surface area contributed by atoms with Gasteiger partial charge in [-0.25, -0.2) is 0 Å². The normalized spacial score (nSPS) is 15.7. The number of carbonyl (C=O) groups excluding carboxylic acids is 1. The lowest BCUT2D eigenvalue weighted by molar-refractivity contribution is -0.132. The van der Waals surface area contributed by atoms with Crippen LogP contribution in [-0.4, -0.2) is 47.0 Å². The Hall–Kier alpha value is -1.85. The molecule has 0 N–H and O–H groups in total. The van der Waals surface area contributed by atoms with Crippen LogP contribution in [0, 0.1) is 13.8 Å². The number of halogens is 1. The second kappa shape index (κ2) is 7.36. The van der Waals surface area contributed by atoms with Gasteiger partial charge < -0.3 is 9.42 Å². The van der Waals surface area contributed by atoms with Crippen LogP contribution in [0.5, 0.6) is 0 Å². The van der Waals surface area contributed by atoms with Gasteiger partial charge in [-0.1, -0.05) is 28.9 Å². The zero-order chi connectivity index (χ0) is 17.1. The number of nitrogens with zero attached hydrogens (tertiary/aromatic N) is 3. The van der Waals surface area contributed by atoms with Gasteiger partial charge in [0.25, 0.3) is 0 Å². The Morgan fingerprint density at radius 3 is 2.42 bits per heavy atom. The van der Waals surface area contributed by atoms with Crippen LogP contribution in [0.3, 0.4) is 0 Å². The van der Waals surface area contributed by atoms with Crippen LogP contribution in [0.4, 0.5) is 0 Å². The molecule has 0 spiro atoms. The molecule has 0 atom stereocenters. The van der Waals surface area contributed by atoms with Gasteiger partial charge in [0.1, 0.15) is 5.76 Å². The third-order valence-electron chi connectivity index (χ3n) is 4.55. The summed E-state index contributed by atoms with van der Waals surface area (Å²) in [5.74, 6) is 0.887. The van der Waals surface area contributed by atoms with Crippen molar-refractivity contribution in [1.29, 1.82) is 0 Å². The first-order chi connectivity index (χ1) is 11.5. The summed E-state index contributed by atoms with van der Waals surface area (Å²) in [6, 6.07) is 7.94. The summed E-state index contributed by atoms with van der Waals surface area (Å²) in [6.45, 7) is 7.91. The highest BCUT2D eigenvalue weighted by Crippen LogP contribution is 2.16. The average molecular weight is 348 g/mol. The first kappa shape index (κ1) is 17.0. The van der Waals surface area contributed by atoms with Gasteiger partial charge in [-0.2, -0.15) is 0 Å². The van der Waals surface area contributed by atoms with Crippen LogP contribution in [0.15, 0.2) is 28.8 Å². The summed E-state index contributed by atoms with van der Waals surface area (Å²) in [7, 11) is 0. The molecule has 1 amide bonds. The molecule has 0 saturated carbocycles. The maximum atomic E-state index is 12.5. The molecule has 2 heterocycles. The number of benzene rings is 1. The van der Waals surface area contributed by atoms with Gasteiger partial charge in [0, 0.05) is 43.3 Å². The smallest absolute Gasteiger partial charge is 0.227 e. The highest BCUT2D eigenvalue weighted by molar-refractivity contribution is 6.30. The molecule has 1 saturated heterocycles. The largest absolute Gasteiger partial charge is 0.361 e. The van der Waals surface area contributed by atoms with Gasteiger partial charge in [-0.15, -0.1) is 0 Å². The Morgan fingerprint density at radius 2 is 1.83 bits per heavy atom. The molecule has 0 bridgehead atoms. The lowest BCUT2D eigenvalue weighted by Crippen LogP contribution is -2.48. The topological polar surface area (TPSA) is 49.6 Å². The molecule has 1 fully saturated rings. The Bertz CT molecular complexity index is 684. The molecule has 5 nitrogen and oxygen atoms in total. The van der Waals surface area contributed by atoms with E-state index in [1.807, 2.05) is 30.9 Å². The van der Waals surface area contributed by atoms with Gasteiger partial charge in [0.2, 0.25) is 5.91 Å². The molecule has 1 aliphatic rings. The molecule has 24 heavy (non-hydrogen) atoms. The molecule has 0 radical (unpaired) electrons. The van der Waals surface area contributed by atoms with E-state index in [4.69, 9.17) is 16.1 Å². The van der Waals surface area contributed by atoms with Crippen LogP contribution < -0.4 is 0 Å². The molecular formula is C18H22ClN3O2. The van der Waals surface area contributed by atoms with Crippen molar-refractivity contribution in [3.63, 3.8) is 0 Å². The number of aryl methyl sites for hydroxylation is 2. The maximum absolute atomic E-state index is 12.5. The first-order valence-electron chi connectivity index (χ1n) is 8.19. The standard InChI is InChI=1S/C18H22ClN3O2/c1-13-17(14(2)24-20-13)11-18(23)22-9-7-21(8-10-22)12-15-3-5-16(19)6-4-15/h3-6H,7-12H2,1-2H3. The highest BCUT2D eigenvalue weighted by atomic mass is 35.5. The fourth-order valence-corrected chi connectivity index (χ4v) is 3.15. The minimum atomic E-state index is 0.149. The van der Waals surface area contributed by atoms with Crippen molar-refractivity contribution in [3.05, 3.63) is 51.9 Å². The average Bonchev–Trinajstić information content (AvgIpc) is 2.89. The number of hydrogen-bond acceptors (Lipinski definition) is 4. The first-order valence-corrected chi connectivity index (χ1v) is 8.57. The van der Waals surface area contributed by atoms with E-state index in [0.717, 1.165) is 54.8 Å². The van der Waals surface area contributed by atoms with E-state index in [1.165, 1.54) is 5.56 Å². The van der Waals surface area contributed by atoms with Gasteiger partial charge in [-0.3, -0.25) is 9.69 Å². The van der Waals surface area contributed by atoms with Gasteiger partial charge in [-0.05, 0) is 31.5 Å². The lowest BCUT2D eigenvalue weighted by atomic mass is 10.1. The molecule has 3 rings (SSSR count). The highest BCUT2D eigenvalue weighted by Gasteiger charge is 2.23. The summed E-state index contributed by atoms with van der Waals surface area (Å²) >= 11 is 5.92. The monoisotopic (exact) mass is 347 g/mol. The molecular weight excluding hydrogens is 326 g/mol. The summed E-state index contributed by atoms with van der Waals surface area (Å²) in [6.07, 6.45) is 0.373. The van der Waals surface area contributed by atoms with Crippen molar-refractivity contribution in [2.24, 2.45) is 0 Å². The predicted octanol–water partition coefficient (Wildman–Crippen LogP) is 2.83. The summed E-state index contributed by atoms with van der Waals surface area (Å²) in [5, 5.41) is 4.67. The van der Waals surface area contributed by atoms with E-state index in [-0.39, 0.29) is 5.91 Å². The molecule has 0 aliphatic carbocycles. The van der Waals surface area contributed by atoms with E-state index in [1.54, 1.807) is 0 Å². The predicted molar refractivity (Wildman–Crippen MR) is 93.0 cm³/mol. The number of piperazine rings is 1. The van der Waals surface area contributed by atoms with Crippen molar-refractivity contribution in [1.82, 2.24) is 15.0 Å². The second-order valence-electron chi connectivity index (χ2n) is 6.26. The molecule has 1 aliphatic heterocycles. The van der Waals surface area contributed by atoms with Crippen molar-refractivity contribution < 1.29 is 9.32 Å². The number of aromatic nitrogens is 1. The van der Waals surface area contributed by atoms with E-state index in [9.17, 15) is 4.79 Å². The quantitative estimate of drug-likeness (QED) is 0.853. The van der Waals surface area contributed by atoms with Crippen molar-refractivity contribution in [2.45, 2.75) is 26.8 Å². The Morgan fingerprint density at radius 1 is 1.17 bits per heavy atom. The third kappa shape index (κ3) is 3.97. The molecule has 1 aromatic heterocycles. The molecule has 6 heteroatoms. The van der Waals surface area contributed by atoms with E-state index in [0.29, 0.717) is 6.42 Å². The van der Waals surface area contributed by atoms with Crippen molar-refractivity contribution in [2.75, 3.05) is 26.2 Å². The number of rotatable bonds is 4. The van der Waals surface area contributed by atoms with E-state index >= 15 is 0 Å². The number of hydrogen-bond donors (Lipinski definition) is 0. The molecule has 0 unspecified atom stereocenters. The fourth-order valence-electron chi connectivity index (χ4n) is 3.02. The van der Waals surface area contributed by atoms with Crippen LogP contribution in [0.1, 0.15) is 22.6 Å². The maximum Gasteiger partial charge on any atom is 0.227 e. The van der Waals surface area contributed by atoms with Crippen LogP contribution in [-0.2, 0) is 17.8 Å². The van der Waals surface area contributed by atoms with Crippen LogP contribution >= 0.6 is 11.6 Å². The van der Waals surface area contributed by atoms with E-state index < -0.39 is 0 Å². The van der Waals surface area contributed by atoms with Crippen LogP contribution in [0.25, 0.3) is 0 Å². The fraction of sp³-hybridized carbons (Fsp3) is 0.444. The Labute approximate surface area is 147 Å². The van der Waals surface area contributed by atoms with Crippen molar-refractivity contribution in [3.8, 4) is 0 Å². The van der Waals surface area contributed by atoms with Gasteiger partial charge >= 0.3 is 0 Å². The zero-order valence-electron chi connectivity index (χ0n) is 14.1. The van der Waals surface area contributed by atoms with Gasteiger partial charge in [0.05, 0.1) is 12.1 Å². The molecule has 128 valence electrons. The Kier molecular flexibility index (Phi) is 5.21. The SMILES string of the molecule is Cc1noc(C)c1CC(=O)N1CCN(Cc2ccc(Cl)cc2)CC1. The molecule has 1 aromatic carbocycles. The second-order valence-corrected chi connectivity index (χ2v) is 6.70. The lowest BCUT2D eigenvalue weighted by Gasteiger charge is -2.34. The minimum absolute atomic E-state index is 0.149. The summed E-state index contributed by atoms with van der Waals surface area (Å²) in [4.78, 5) is 16.8. The minimum Gasteiger partial charge on any atom is -0.361 e. The Balaban J connectivity index is 1.51. The summed E-state index contributed by atoms with van der Waals surface area (Å²) in [5.41, 5.74) is 2.97. The van der Waals surface area contributed by atoms with Crippen LogP contribution in [0.2, 0.25) is 5.02 Å². The summed E-state index contributed by atoms with van der Waals surface area (Å²) < 4.78 is 5.14. The number of carbonyl (C=O) groups is 1. The third-order valence-corrected chi connectivity index (χ3v) is 4.81. The molecule has 2 aromatic rings. The van der Waals surface area contributed by atoms with Gasteiger partial charge in [0.15, 0.2) is 0 Å². The zero-order valence-corrected chi connectivity index (χ0v) is 14.8. The van der Waals surface area contributed by atoms with E-state index in [2.05, 4.69) is 22.2 Å². The van der Waals surface area contributed by atoms with Crippen molar-refractivity contribution >= 4 is 17.5 Å².